The molecule has 9 aromatic carbocycles. The first-order valence-electron chi connectivity index (χ1n) is 19.9. The molecular formula is C55H34N2. The van der Waals surface area contributed by atoms with Crippen LogP contribution in [0.3, 0.4) is 0 Å². The molecule has 0 bridgehead atoms. The van der Waals surface area contributed by atoms with Crippen molar-refractivity contribution in [2.24, 2.45) is 0 Å². The second kappa shape index (κ2) is 11.6. The average Bonchev–Trinajstić information content (AvgIpc) is 3.83. The standard InChI is InChI=1S/C55H34N2/c1-2-13-37-30-40(24-20-34(37)10-1)57-53-29-23-39(32-50(53)47-26-21-35-11-3-5-15-42(35)55(47)57)38-22-28-52-49(31-38)44-16-7-8-19-51(44)56(52)41-25-27-43-45-18-9-14-36-12-4-6-17-46(54(36)45)48(43)33-41/h1-5,7-33H,6H2. The summed E-state index contributed by atoms with van der Waals surface area (Å²) in [6.45, 7) is 0. The van der Waals surface area contributed by atoms with Crippen molar-refractivity contribution in [3.8, 4) is 33.6 Å². The van der Waals surface area contributed by atoms with Gasteiger partial charge in [-0.05, 0) is 122 Å². The van der Waals surface area contributed by atoms with Crippen LogP contribution < -0.4 is 0 Å². The molecule has 0 unspecified atom stereocenters. The first-order chi connectivity index (χ1) is 28.3. The van der Waals surface area contributed by atoms with E-state index in [-0.39, 0.29) is 0 Å². The lowest BCUT2D eigenvalue weighted by molar-refractivity contribution is 1.18. The van der Waals surface area contributed by atoms with Crippen LogP contribution in [0.1, 0.15) is 23.1 Å². The molecule has 0 fully saturated rings. The van der Waals surface area contributed by atoms with Gasteiger partial charge in [0, 0.05) is 38.3 Å². The molecule has 0 aliphatic heterocycles. The van der Waals surface area contributed by atoms with Crippen LogP contribution >= 0.6 is 0 Å². The number of fused-ring (bicyclic) bond motifs is 12. The lowest BCUT2D eigenvalue weighted by atomic mass is 9.99. The van der Waals surface area contributed by atoms with E-state index in [0.717, 1.165) is 6.42 Å². The van der Waals surface area contributed by atoms with Crippen LogP contribution in [0.4, 0.5) is 0 Å². The molecule has 2 aliphatic carbocycles. The highest BCUT2D eigenvalue weighted by atomic mass is 15.0. The number of aromatic nitrogens is 2. The maximum Gasteiger partial charge on any atom is 0.0619 e. The van der Waals surface area contributed by atoms with E-state index in [4.69, 9.17) is 0 Å². The van der Waals surface area contributed by atoms with Gasteiger partial charge in [-0.1, -0.05) is 140 Å². The van der Waals surface area contributed by atoms with Crippen molar-refractivity contribution in [3.63, 3.8) is 0 Å². The van der Waals surface area contributed by atoms with Crippen molar-refractivity contribution >= 4 is 76.8 Å². The fourth-order valence-electron chi connectivity index (χ4n) is 10.1. The van der Waals surface area contributed by atoms with Gasteiger partial charge in [0.15, 0.2) is 0 Å². The SMILES string of the molecule is C1=Cc2cccc3c2C(=CC1)c1cc(-n2c4ccccc4c4cc(-c5ccc6c(c5)c5ccc7ccccc7c5n6-c5ccc6ccccc6c5)ccc42)ccc1-3. The summed E-state index contributed by atoms with van der Waals surface area (Å²) in [5, 5.41) is 10.1. The molecule has 0 saturated carbocycles. The molecule has 264 valence electrons. The van der Waals surface area contributed by atoms with E-state index in [1.165, 1.54) is 121 Å². The third-order valence-electron chi connectivity index (χ3n) is 12.6. The normalized spacial score (nSPS) is 13.2. The van der Waals surface area contributed by atoms with E-state index in [0.29, 0.717) is 0 Å². The molecular weight excluding hydrogens is 689 g/mol. The highest BCUT2D eigenvalue weighted by Crippen LogP contribution is 2.48. The Labute approximate surface area is 329 Å². The summed E-state index contributed by atoms with van der Waals surface area (Å²) in [6.07, 6.45) is 7.90. The Kier molecular flexibility index (Phi) is 6.25. The lowest BCUT2D eigenvalue weighted by Gasteiger charge is -2.12. The van der Waals surface area contributed by atoms with E-state index in [1.54, 1.807) is 0 Å². The first-order valence-corrected chi connectivity index (χ1v) is 19.9. The van der Waals surface area contributed by atoms with Crippen molar-refractivity contribution < 1.29 is 0 Å². The third kappa shape index (κ3) is 4.35. The molecule has 0 saturated heterocycles. The molecule has 2 aromatic heterocycles. The number of rotatable bonds is 3. The highest BCUT2D eigenvalue weighted by molar-refractivity contribution is 6.19. The third-order valence-corrected chi connectivity index (χ3v) is 12.6. The Morgan fingerprint density at radius 2 is 1.07 bits per heavy atom. The van der Waals surface area contributed by atoms with Gasteiger partial charge >= 0.3 is 0 Å². The summed E-state index contributed by atoms with van der Waals surface area (Å²) >= 11 is 0. The van der Waals surface area contributed by atoms with Gasteiger partial charge < -0.3 is 9.13 Å². The maximum atomic E-state index is 2.47. The largest absolute Gasteiger partial charge is 0.309 e. The molecule has 2 aliphatic rings. The summed E-state index contributed by atoms with van der Waals surface area (Å²) < 4.78 is 4.93. The van der Waals surface area contributed by atoms with Crippen LogP contribution in [0.5, 0.6) is 0 Å². The fourth-order valence-corrected chi connectivity index (χ4v) is 10.1. The van der Waals surface area contributed by atoms with Crippen molar-refractivity contribution in [1.29, 1.82) is 0 Å². The molecule has 0 amide bonds. The van der Waals surface area contributed by atoms with Crippen LogP contribution in [0.25, 0.3) is 110 Å². The topological polar surface area (TPSA) is 9.86 Å². The van der Waals surface area contributed by atoms with E-state index < -0.39 is 0 Å². The number of allylic oxidation sites excluding steroid dienone is 2. The summed E-state index contributed by atoms with van der Waals surface area (Å²) in [5.41, 5.74) is 17.7. The number of para-hydroxylation sites is 1. The molecule has 0 N–H and O–H groups in total. The smallest absolute Gasteiger partial charge is 0.0619 e. The number of hydrogen-bond donors (Lipinski definition) is 0. The van der Waals surface area contributed by atoms with Crippen LogP contribution in [0.15, 0.2) is 188 Å². The highest BCUT2D eigenvalue weighted by Gasteiger charge is 2.27. The molecule has 2 heteroatoms. The monoisotopic (exact) mass is 722 g/mol. The second-order valence-electron chi connectivity index (χ2n) is 15.6. The minimum absolute atomic E-state index is 0.942. The molecule has 2 nitrogen and oxygen atoms in total. The predicted molar refractivity (Wildman–Crippen MR) is 242 cm³/mol. The summed E-state index contributed by atoms with van der Waals surface area (Å²) in [4.78, 5) is 0. The molecule has 0 spiro atoms. The van der Waals surface area contributed by atoms with E-state index in [1.807, 2.05) is 0 Å². The quantitative estimate of drug-likeness (QED) is 0.172. The van der Waals surface area contributed by atoms with Gasteiger partial charge in [0.25, 0.3) is 0 Å². The number of benzene rings is 9. The zero-order valence-electron chi connectivity index (χ0n) is 31.1. The Morgan fingerprint density at radius 3 is 1.95 bits per heavy atom. The fraction of sp³-hybridized carbons (Fsp3) is 0.0182. The first kappa shape index (κ1) is 30.9. The molecule has 0 atom stereocenters. The van der Waals surface area contributed by atoms with Gasteiger partial charge in [-0.15, -0.1) is 0 Å². The number of nitrogens with zero attached hydrogens (tertiary/aromatic N) is 2. The van der Waals surface area contributed by atoms with Gasteiger partial charge in [0.1, 0.15) is 0 Å². The second-order valence-corrected chi connectivity index (χ2v) is 15.6. The Hall–Kier alpha value is -7.42. The minimum atomic E-state index is 0.942. The predicted octanol–water partition coefficient (Wildman–Crippen LogP) is 14.7. The van der Waals surface area contributed by atoms with Crippen molar-refractivity contribution in [1.82, 2.24) is 9.13 Å². The van der Waals surface area contributed by atoms with Crippen LogP contribution in [0.2, 0.25) is 0 Å². The van der Waals surface area contributed by atoms with E-state index >= 15 is 0 Å². The lowest BCUT2D eigenvalue weighted by Crippen LogP contribution is -1.95. The van der Waals surface area contributed by atoms with Gasteiger partial charge in [-0.2, -0.15) is 0 Å². The van der Waals surface area contributed by atoms with Gasteiger partial charge in [-0.25, -0.2) is 0 Å². The molecule has 11 aromatic rings. The Morgan fingerprint density at radius 1 is 0.386 bits per heavy atom. The van der Waals surface area contributed by atoms with Crippen LogP contribution in [-0.4, -0.2) is 9.13 Å². The minimum Gasteiger partial charge on any atom is -0.309 e. The average molecular weight is 723 g/mol. The molecule has 2 heterocycles. The Bertz CT molecular complexity index is 3600. The van der Waals surface area contributed by atoms with Crippen LogP contribution in [0, 0.1) is 0 Å². The van der Waals surface area contributed by atoms with Crippen molar-refractivity contribution in [2.75, 3.05) is 0 Å². The van der Waals surface area contributed by atoms with E-state index in [2.05, 4.69) is 203 Å². The zero-order chi connectivity index (χ0) is 37.2. The van der Waals surface area contributed by atoms with Gasteiger partial charge in [0.05, 0.1) is 22.1 Å². The van der Waals surface area contributed by atoms with Gasteiger partial charge in [-0.3, -0.25) is 0 Å². The summed E-state index contributed by atoms with van der Waals surface area (Å²) in [7, 11) is 0. The molecule has 57 heavy (non-hydrogen) atoms. The van der Waals surface area contributed by atoms with Crippen molar-refractivity contribution in [2.45, 2.75) is 6.42 Å². The summed E-state index contributed by atoms with van der Waals surface area (Å²) in [5.74, 6) is 0. The zero-order valence-corrected chi connectivity index (χ0v) is 31.1. The van der Waals surface area contributed by atoms with E-state index in [9.17, 15) is 0 Å². The van der Waals surface area contributed by atoms with Crippen LogP contribution in [-0.2, 0) is 0 Å². The summed E-state index contributed by atoms with van der Waals surface area (Å²) in [6, 6.07) is 65.6. The molecule has 0 radical (unpaired) electrons. The maximum absolute atomic E-state index is 2.47. The van der Waals surface area contributed by atoms with Gasteiger partial charge in [0.2, 0.25) is 0 Å². The van der Waals surface area contributed by atoms with Crippen molar-refractivity contribution in [3.05, 3.63) is 205 Å². The number of hydrogen-bond acceptors (Lipinski definition) is 0. The Balaban J connectivity index is 0.994. The molecule has 13 rings (SSSR count).